The summed E-state index contributed by atoms with van der Waals surface area (Å²) in [6, 6.07) is 0. The summed E-state index contributed by atoms with van der Waals surface area (Å²) >= 11 is 0. The van der Waals surface area contributed by atoms with E-state index in [1.807, 2.05) is 6.92 Å². The summed E-state index contributed by atoms with van der Waals surface area (Å²) in [5, 5.41) is 3.76. The Morgan fingerprint density at radius 3 is 3.00 bits per heavy atom. The maximum absolute atomic E-state index is 12.7. The molecular formula is C8H9FN2. The fourth-order valence-corrected chi connectivity index (χ4v) is 0.802. The summed E-state index contributed by atoms with van der Waals surface area (Å²) in [5.41, 5.74) is 0.392. The van der Waals surface area contributed by atoms with E-state index in [0.717, 1.165) is 6.20 Å². The van der Waals surface area contributed by atoms with E-state index < -0.39 is 0 Å². The molecule has 0 bridgehead atoms. The van der Waals surface area contributed by atoms with Crippen molar-refractivity contribution in [1.82, 2.24) is 9.78 Å². The highest BCUT2D eigenvalue weighted by Gasteiger charge is 2.02. The molecule has 1 aromatic heterocycles. The van der Waals surface area contributed by atoms with Gasteiger partial charge < -0.3 is 0 Å². The molecule has 0 radical (unpaired) electrons. The lowest BCUT2D eigenvalue weighted by molar-refractivity contribution is 0.624. The van der Waals surface area contributed by atoms with E-state index in [2.05, 4.69) is 11.7 Å². The SMILES string of the molecule is C=Cc1c(F)cnn1/C=C\C. The van der Waals surface area contributed by atoms with Crippen LogP contribution in [0.25, 0.3) is 12.3 Å². The maximum Gasteiger partial charge on any atom is 0.168 e. The lowest BCUT2D eigenvalue weighted by atomic mass is 10.4. The van der Waals surface area contributed by atoms with Gasteiger partial charge in [0.2, 0.25) is 0 Å². The normalized spacial score (nSPS) is 10.7. The summed E-state index contributed by atoms with van der Waals surface area (Å²) in [4.78, 5) is 0. The molecule has 58 valence electrons. The molecule has 0 unspecified atom stereocenters. The predicted octanol–water partition coefficient (Wildman–Crippen LogP) is 2.16. The second-order valence-electron chi connectivity index (χ2n) is 2.01. The Hall–Kier alpha value is -1.38. The van der Waals surface area contributed by atoms with E-state index in [1.165, 1.54) is 10.8 Å². The summed E-state index contributed by atoms with van der Waals surface area (Å²) in [6.07, 6.45) is 6.04. The maximum atomic E-state index is 12.7. The number of hydrogen-bond acceptors (Lipinski definition) is 1. The molecule has 2 nitrogen and oxygen atoms in total. The first-order chi connectivity index (χ1) is 5.29. The Morgan fingerprint density at radius 2 is 2.45 bits per heavy atom. The van der Waals surface area contributed by atoms with Crippen molar-refractivity contribution in [2.75, 3.05) is 0 Å². The van der Waals surface area contributed by atoms with Gasteiger partial charge in [-0.05, 0) is 13.0 Å². The van der Waals surface area contributed by atoms with Crippen molar-refractivity contribution < 1.29 is 4.39 Å². The molecule has 0 fully saturated rings. The van der Waals surface area contributed by atoms with Crippen LogP contribution in [0.15, 0.2) is 18.9 Å². The number of hydrogen-bond donors (Lipinski definition) is 0. The van der Waals surface area contributed by atoms with Gasteiger partial charge in [-0.3, -0.25) is 0 Å². The molecule has 11 heavy (non-hydrogen) atoms. The van der Waals surface area contributed by atoms with E-state index in [9.17, 15) is 4.39 Å². The van der Waals surface area contributed by atoms with Gasteiger partial charge in [0.1, 0.15) is 5.69 Å². The topological polar surface area (TPSA) is 17.8 Å². The second kappa shape index (κ2) is 3.14. The van der Waals surface area contributed by atoms with Crippen molar-refractivity contribution in [3.63, 3.8) is 0 Å². The molecule has 1 rings (SSSR count). The minimum absolute atomic E-state index is 0.349. The second-order valence-corrected chi connectivity index (χ2v) is 2.01. The van der Waals surface area contributed by atoms with Gasteiger partial charge in [-0.2, -0.15) is 5.10 Å². The van der Waals surface area contributed by atoms with Gasteiger partial charge in [0.25, 0.3) is 0 Å². The highest BCUT2D eigenvalue weighted by atomic mass is 19.1. The van der Waals surface area contributed by atoms with Crippen molar-refractivity contribution in [1.29, 1.82) is 0 Å². The molecule has 0 aliphatic rings. The van der Waals surface area contributed by atoms with E-state index in [-0.39, 0.29) is 5.82 Å². The smallest absolute Gasteiger partial charge is 0.168 e. The van der Waals surface area contributed by atoms with Gasteiger partial charge in [0, 0.05) is 6.20 Å². The minimum atomic E-state index is -0.349. The molecule has 1 aromatic rings. The predicted molar refractivity (Wildman–Crippen MR) is 43.3 cm³/mol. The molecule has 0 saturated heterocycles. The van der Waals surface area contributed by atoms with Crippen molar-refractivity contribution in [3.05, 3.63) is 30.4 Å². The minimum Gasteiger partial charge on any atom is -0.238 e. The highest BCUT2D eigenvalue weighted by molar-refractivity contribution is 5.46. The van der Waals surface area contributed by atoms with Crippen LogP contribution in [0.3, 0.4) is 0 Å². The molecule has 0 N–H and O–H groups in total. The molecule has 1 heterocycles. The average molecular weight is 152 g/mol. The third-order valence-corrected chi connectivity index (χ3v) is 1.27. The molecule has 3 heteroatoms. The monoisotopic (exact) mass is 152 g/mol. The number of nitrogens with zero attached hydrogens (tertiary/aromatic N) is 2. The molecule has 0 spiro atoms. The summed E-state index contributed by atoms with van der Waals surface area (Å²) in [7, 11) is 0. The fraction of sp³-hybridized carbons (Fsp3) is 0.125. The molecule has 0 atom stereocenters. The van der Waals surface area contributed by atoms with Crippen LogP contribution in [-0.2, 0) is 0 Å². The van der Waals surface area contributed by atoms with Crippen LogP contribution in [-0.4, -0.2) is 9.78 Å². The van der Waals surface area contributed by atoms with Crippen molar-refractivity contribution >= 4 is 12.3 Å². The zero-order valence-corrected chi connectivity index (χ0v) is 6.29. The van der Waals surface area contributed by atoms with E-state index in [4.69, 9.17) is 0 Å². The molecule has 0 saturated carbocycles. The van der Waals surface area contributed by atoms with Crippen LogP contribution < -0.4 is 0 Å². The Kier molecular flexibility index (Phi) is 2.21. The van der Waals surface area contributed by atoms with E-state index >= 15 is 0 Å². The molecule has 0 aliphatic heterocycles. The molecule has 0 aromatic carbocycles. The summed E-state index contributed by atoms with van der Waals surface area (Å²) in [6.45, 7) is 5.31. The Bertz CT molecular complexity index is 286. The fourth-order valence-electron chi connectivity index (χ4n) is 0.802. The van der Waals surface area contributed by atoms with Crippen molar-refractivity contribution in [2.45, 2.75) is 6.92 Å². The number of halogens is 1. The van der Waals surface area contributed by atoms with Crippen molar-refractivity contribution in [2.24, 2.45) is 0 Å². The lowest BCUT2D eigenvalue weighted by Gasteiger charge is -1.93. The van der Waals surface area contributed by atoms with Gasteiger partial charge in [-0.25, -0.2) is 9.07 Å². The van der Waals surface area contributed by atoms with Crippen LogP contribution in [0.2, 0.25) is 0 Å². The quantitative estimate of drug-likeness (QED) is 0.635. The average Bonchev–Trinajstić information content (AvgIpc) is 2.33. The first-order valence-electron chi connectivity index (χ1n) is 3.28. The standard InChI is InChI=1S/C8H9FN2/c1-3-5-11-8(4-2)7(9)6-10-11/h3-6H,2H2,1H3/b5-3-. The van der Waals surface area contributed by atoms with Crippen LogP contribution in [0.1, 0.15) is 12.6 Å². The van der Waals surface area contributed by atoms with Crippen LogP contribution in [0.5, 0.6) is 0 Å². The number of allylic oxidation sites excluding steroid dienone is 1. The summed E-state index contributed by atoms with van der Waals surface area (Å²) in [5.74, 6) is -0.349. The lowest BCUT2D eigenvalue weighted by Crippen LogP contribution is -1.91. The zero-order valence-electron chi connectivity index (χ0n) is 6.29. The zero-order chi connectivity index (χ0) is 8.27. The van der Waals surface area contributed by atoms with Gasteiger partial charge in [0.05, 0.1) is 6.20 Å². The molecule has 0 aliphatic carbocycles. The van der Waals surface area contributed by atoms with Gasteiger partial charge in [-0.1, -0.05) is 12.7 Å². The summed E-state index contributed by atoms with van der Waals surface area (Å²) < 4.78 is 14.2. The Labute approximate surface area is 64.6 Å². The third-order valence-electron chi connectivity index (χ3n) is 1.27. The van der Waals surface area contributed by atoms with Gasteiger partial charge >= 0.3 is 0 Å². The number of rotatable bonds is 2. The van der Waals surface area contributed by atoms with E-state index in [1.54, 1.807) is 12.3 Å². The Balaban J connectivity index is 3.15. The largest absolute Gasteiger partial charge is 0.238 e. The van der Waals surface area contributed by atoms with Gasteiger partial charge in [-0.15, -0.1) is 0 Å². The highest BCUT2D eigenvalue weighted by Crippen LogP contribution is 2.07. The number of aromatic nitrogens is 2. The molecular weight excluding hydrogens is 143 g/mol. The Morgan fingerprint density at radius 1 is 1.73 bits per heavy atom. The van der Waals surface area contributed by atoms with E-state index in [0.29, 0.717) is 5.69 Å². The van der Waals surface area contributed by atoms with Gasteiger partial charge in [0.15, 0.2) is 5.82 Å². The first-order valence-corrected chi connectivity index (χ1v) is 3.28. The van der Waals surface area contributed by atoms with Crippen LogP contribution in [0, 0.1) is 5.82 Å². The third kappa shape index (κ3) is 1.37. The van der Waals surface area contributed by atoms with Crippen LogP contribution >= 0.6 is 0 Å². The van der Waals surface area contributed by atoms with Crippen molar-refractivity contribution in [3.8, 4) is 0 Å². The van der Waals surface area contributed by atoms with Crippen LogP contribution in [0.4, 0.5) is 4.39 Å². The first kappa shape index (κ1) is 7.72. The molecule has 0 amide bonds.